The van der Waals surface area contributed by atoms with Crippen molar-refractivity contribution in [2.45, 2.75) is 63.5 Å². The van der Waals surface area contributed by atoms with Crippen molar-refractivity contribution in [3.05, 3.63) is 52.6 Å². The first-order valence-corrected chi connectivity index (χ1v) is 12.9. The molecule has 3 aliphatic rings. The first kappa shape index (κ1) is 24.2. The summed E-state index contributed by atoms with van der Waals surface area (Å²) in [6.45, 7) is 0.601. The van der Waals surface area contributed by atoms with Crippen LogP contribution in [0, 0.1) is 29.4 Å². The average Bonchev–Trinajstić information content (AvgIpc) is 3.46. The standard InChI is InChI=1S/C27H31ClF2N2O3/c28-19-9-10-20(25(11-19)35-15-17-3-1-2-4-17)27(14-16-5-7-18(8-6-16)26(33)34)31-23-12-21(29)22(30)13-24(23)32-27/h9-13,16-18,31-32H,1-8,14-15H2,(H,33,34). The highest BCUT2D eigenvalue weighted by Gasteiger charge is 2.43. The molecule has 1 heterocycles. The van der Waals surface area contributed by atoms with Gasteiger partial charge in [0.15, 0.2) is 11.6 Å². The number of aliphatic carboxylic acids is 1. The number of carboxylic acid groups (broad SMARTS) is 1. The lowest BCUT2D eigenvalue weighted by molar-refractivity contribution is -0.143. The normalized spacial score (nSPS) is 23.4. The summed E-state index contributed by atoms with van der Waals surface area (Å²) in [5, 5.41) is 16.8. The van der Waals surface area contributed by atoms with Crippen molar-refractivity contribution in [2.24, 2.45) is 17.8 Å². The smallest absolute Gasteiger partial charge is 0.306 e. The summed E-state index contributed by atoms with van der Waals surface area (Å²) in [7, 11) is 0. The molecule has 2 fully saturated rings. The molecule has 188 valence electrons. The lowest BCUT2D eigenvalue weighted by atomic mass is 9.76. The van der Waals surface area contributed by atoms with Gasteiger partial charge in [0.1, 0.15) is 11.4 Å². The van der Waals surface area contributed by atoms with E-state index in [0.717, 1.165) is 31.2 Å². The van der Waals surface area contributed by atoms with Crippen LogP contribution in [-0.4, -0.2) is 17.7 Å². The quantitative estimate of drug-likeness (QED) is 0.373. The van der Waals surface area contributed by atoms with Gasteiger partial charge in [-0.2, -0.15) is 0 Å². The van der Waals surface area contributed by atoms with Crippen molar-refractivity contribution in [3.63, 3.8) is 0 Å². The minimum Gasteiger partial charge on any atom is -0.493 e. The van der Waals surface area contributed by atoms with Gasteiger partial charge in [0.05, 0.1) is 23.9 Å². The fourth-order valence-corrected chi connectivity index (χ4v) is 6.15. The lowest BCUT2D eigenvalue weighted by Gasteiger charge is -2.38. The molecule has 3 N–H and O–H groups in total. The Morgan fingerprint density at radius 1 is 0.971 bits per heavy atom. The molecular weight excluding hydrogens is 474 g/mol. The average molecular weight is 505 g/mol. The molecule has 0 bridgehead atoms. The molecule has 2 aromatic rings. The predicted octanol–water partition coefficient (Wildman–Crippen LogP) is 7.16. The summed E-state index contributed by atoms with van der Waals surface area (Å²) in [5.41, 5.74) is 0.940. The fraction of sp³-hybridized carbons (Fsp3) is 0.519. The van der Waals surface area contributed by atoms with Gasteiger partial charge < -0.3 is 20.5 Å². The molecule has 35 heavy (non-hydrogen) atoms. The molecule has 0 spiro atoms. The Bertz CT molecular complexity index is 1070. The zero-order valence-electron chi connectivity index (χ0n) is 19.6. The summed E-state index contributed by atoms with van der Waals surface area (Å²) in [5.74, 6) is -1.49. The van der Waals surface area contributed by atoms with E-state index in [0.29, 0.717) is 53.9 Å². The highest BCUT2D eigenvalue weighted by molar-refractivity contribution is 6.30. The maximum atomic E-state index is 14.1. The topological polar surface area (TPSA) is 70.6 Å². The Morgan fingerprint density at radius 2 is 1.60 bits per heavy atom. The number of hydrogen-bond donors (Lipinski definition) is 3. The van der Waals surface area contributed by atoms with Crippen LogP contribution in [0.3, 0.4) is 0 Å². The second-order valence-corrected chi connectivity index (χ2v) is 10.8. The predicted molar refractivity (Wildman–Crippen MR) is 132 cm³/mol. The molecule has 5 nitrogen and oxygen atoms in total. The summed E-state index contributed by atoms with van der Waals surface area (Å²) in [6.07, 6.45) is 8.13. The third-order valence-corrected chi connectivity index (χ3v) is 8.14. The second-order valence-electron chi connectivity index (χ2n) is 10.3. The summed E-state index contributed by atoms with van der Waals surface area (Å²) < 4.78 is 34.5. The van der Waals surface area contributed by atoms with E-state index >= 15 is 0 Å². The molecule has 2 aromatic carbocycles. The fourth-order valence-electron chi connectivity index (χ4n) is 5.99. The van der Waals surface area contributed by atoms with Crippen LogP contribution < -0.4 is 15.4 Å². The van der Waals surface area contributed by atoms with E-state index in [-0.39, 0.29) is 11.8 Å². The van der Waals surface area contributed by atoms with Gasteiger partial charge in [-0.1, -0.05) is 24.4 Å². The Labute approximate surface area is 209 Å². The third kappa shape index (κ3) is 5.06. The third-order valence-electron chi connectivity index (χ3n) is 7.90. The zero-order chi connectivity index (χ0) is 24.6. The van der Waals surface area contributed by atoms with Crippen molar-refractivity contribution in [2.75, 3.05) is 17.2 Å². The molecule has 5 rings (SSSR count). The molecule has 0 atom stereocenters. The first-order chi connectivity index (χ1) is 16.8. The van der Waals surface area contributed by atoms with Crippen molar-refractivity contribution in [1.29, 1.82) is 0 Å². The number of fused-ring (bicyclic) bond motifs is 1. The lowest BCUT2D eigenvalue weighted by Crippen LogP contribution is -2.42. The zero-order valence-corrected chi connectivity index (χ0v) is 20.3. The van der Waals surface area contributed by atoms with Gasteiger partial charge in [0, 0.05) is 22.7 Å². The number of nitrogens with one attached hydrogen (secondary N) is 2. The highest BCUT2D eigenvalue weighted by atomic mass is 35.5. The highest BCUT2D eigenvalue weighted by Crippen LogP contribution is 2.49. The van der Waals surface area contributed by atoms with E-state index in [1.165, 1.54) is 25.0 Å². The van der Waals surface area contributed by atoms with Crippen LogP contribution in [0.25, 0.3) is 0 Å². The van der Waals surface area contributed by atoms with Gasteiger partial charge in [-0.05, 0) is 75.0 Å². The van der Waals surface area contributed by atoms with E-state index in [1.807, 2.05) is 12.1 Å². The number of benzene rings is 2. The summed E-state index contributed by atoms with van der Waals surface area (Å²) in [4.78, 5) is 11.4. The first-order valence-electron chi connectivity index (χ1n) is 12.5. The van der Waals surface area contributed by atoms with Crippen LogP contribution in [0.1, 0.15) is 63.4 Å². The molecule has 0 unspecified atom stereocenters. The summed E-state index contributed by atoms with van der Waals surface area (Å²) >= 11 is 6.36. The van der Waals surface area contributed by atoms with Gasteiger partial charge in [-0.15, -0.1) is 0 Å². The van der Waals surface area contributed by atoms with Crippen LogP contribution >= 0.6 is 11.6 Å². The van der Waals surface area contributed by atoms with Gasteiger partial charge in [0.2, 0.25) is 0 Å². The maximum Gasteiger partial charge on any atom is 0.306 e. The van der Waals surface area contributed by atoms with Crippen LogP contribution in [0.15, 0.2) is 30.3 Å². The Hall–Kier alpha value is -2.54. The van der Waals surface area contributed by atoms with E-state index in [1.54, 1.807) is 6.07 Å². The van der Waals surface area contributed by atoms with Crippen molar-refractivity contribution in [1.82, 2.24) is 0 Å². The molecule has 2 aliphatic carbocycles. The monoisotopic (exact) mass is 504 g/mol. The molecule has 0 amide bonds. The van der Waals surface area contributed by atoms with Gasteiger partial charge in [-0.3, -0.25) is 4.79 Å². The van der Waals surface area contributed by atoms with Crippen molar-refractivity contribution >= 4 is 28.9 Å². The van der Waals surface area contributed by atoms with Crippen LogP contribution in [0.4, 0.5) is 20.2 Å². The Kier molecular flexibility index (Phi) is 6.80. The molecule has 0 aromatic heterocycles. The molecule has 8 heteroatoms. The van der Waals surface area contributed by atoms with Gasteiger partial charge in [-0.25, -0.2) is 8.78 Å². The van der Waals surface area contributed by atoms with Crippen molar-refractivity contribution in [3.8, 4) is 5.75 Å². The van der Waals surface area contributed by atoms with E-state index in [9.17, 15) is 18.7 Å². The molecule has 1 aliphatic heterocycles. The van der Waals surface area contributed by atoms with E-state index in [4.69, 9.17) is 16.3 Å². The molecular formula is C27H31ClF2N2O3. The van der Waals surface area contributed by atoms with Gasteiger partial charge in [0.25, 0.3) is 0 Å². The number of carbonyl (C=O) groups is 1. The van der Waals surface area contributed by atoms with Crippen LogP contribution in [0.2, 0.25) is 5.02 Å². The number of anilines is 2. The second kappa shape index (κ2) is 9.84. The Morgan fingerprint density at radius 3 is 2.20 bits per heavy atom. The molecule has 0 radical (unpaired) electrons. The van der Waals surface area contributed by atoms with Crippen LogP contribution in [0.5, 0.6) is 5.75 Å². The van der Waals surface area contributed by atoms with Crippen molar-refractivity contribution < 1.29 is 23.4 Å². The number of hydrogen-bond acceptors (Lipinski definition) is 4. The minimum atomic E-state index is -0.912. The largest absolute Gasteiger partial charge is 0.493 e. The Balaban J connectivity index is 1.47. The van der Waals surface area contributed by atoms with E-state index in [2.05, 4.69) is 10.6 Å². The number of halogens is 3. The summed E-state index contributed by atoms with van der Waals surface area (Å²) in [6, 6.07) is 7.87. The maximum absolute atomic E-state index is 14.1. The number of ether oxygens (including phenoxy) is 1. The van der Waals surface area contributed by atoms with E-state index < -0.39 is 23.3 Å². The van der Waals surface area contributed by atoms with Gasteiger partial charge >= 0.3 is 5.97 Å². The number of carboxylic acids is 1. The van der Waals surface area contributed by atoms with Crippen LogP contribution in [-0.2, 0) is 10.5 Å². The molecule has 2 saturated carbocycles. The molecule has 0 saturated heterocycles. The minimum absolute atomic E-state index is 0.230. The number of rotatable bonds is 7. The SMILES string of the molecule is O=C(O)C1CCC(CC2(c3ccc(Cl)cc3OCC3CCCC3)Nc3cc(F)c(F)cc3N2)CC1.